The number of nitrogens with zero attached hydrogens (tertiary/aromatic N) is 2. The fraction of sp³-hybridized carbons (Fsp3) is 0.0400. The first-order valence-electron chi connectivity index (χ1n) is 9.42. The van der Waals surface area contributed by atoms with Crippen molar-refractivity contribution in [3.05, 3.63) is 107 Å². The largest absolute Gasteiger partial charge is 0.496 e. The maximum atomic E-state index is 12.7. The van der Waals surface area contributed by atoms with E-state index in [4.69, 9.17) is 9.84 Å². The lowest BCUT2D eigenvalue weighted by atomic mass is 10.1. The van der Waals surface area contributed by atoms with Crippen molar-refractivity contribution in [2.24, 2.45) is 0 Å². The van der Waals surface area contributed by atoms with Gasteiger partial charge < -0.3 is 4.74 Å². The van der Waals surface area contributed by atoms with Gasteiger partial charge in [0.05, 0.1) is 23.0 Å². The summed E-state index contributed by atoms with van der Waals surface area (Å²) >= 11 is 3.43. The van der Waals surface area contributed by atoms with Crippen molar-refractivity contribution in [2.75, 3.05) is 7.11 Å². The van der Waals surface area contributed by atoms with Gasteiger partial charge in [-0.3, -0.25) is 4.79 Å². The van der Waals surface area contributed by atoms with Gasteiger partial charge in [0, 0.05) is 22.9 Å². The highest BCUT2D eigenvalue weighted by Crippen LogP contribution is 2.27. The first kappa shape index (κ1) is 19.9. The van der Waals surface area contributed by atoms with Gasteiger partial charge in [0.2, 0.25) is 0 Å². The summed E-state index contributed by atoms with van der Waals surface area (Å²) in [6.45, 7) is 0. The molecule has 4 aromatic rings. The molecule has 0 aliphatic rings. The Morgan fingerprint density at radius 3 is 2.37 bits per heavy atom. The van der Waals surface area contributed by atoms with Crippen LogP contribution in [0.4, 0.5) is 0 Å². The van der Waals surface area contributed by atoms with Crippen molar-refractivity contribution >= 4 is 27.8 Å². The van der Waals surface area contributed by atoms with E-state index in [1.807, 2.05) is 77.6 Å². The fourth-order valence-corrected chi connectivity index (χ4v) is 3.66. The average Bonchev–Trinajstić information content (AvgIpc) is 3.23. The van der Waals surface area contributed by atoms with Crippen molar-refractivity contribution in [1.82, 2.24) is 9.78 Å². The highest BCUT2D eigenvalue weighted by molar-refractivity contribution is 9.10. The summed E-state index contributed by atoms with van der Waals surface area (Å²) < 4.78 is 7.80. The Kier molecular flexibility index (Phi) is 5.91. The molecule has 0 saturated carbocycles. The standard InChI is InChI=1S/C25H19BrN2O2/c1-30-24-15-13-19(16-22(24)26)23(29)14-12-20-17-28(21-10-6-3-7-11-21)27-25(20)18-8-4-2-5-9-18/h2-17H,1H3. The van der Waals surface area contributed by atoms with Gasteiger partial charge in [0.15, 0.2) is 5.78 Å². The molecule has 0 amide bonds. The second-order valence-corrected chi connectivity index (χ2v) is 7.48. The maximum absolute atomic E-state index is 12.7. The van der Waals surface area contributed by atoms with Gasteiger partial charge in [-0.05, 0) is 58.4 Å². The molecule has 0 aliphatic carbocycles. The van der Waals surface area contributed by atoms with E-state index in [1.165, 1.54) is 0 Å². The normalized spacial score (nSPS) is 11.0. The number of para-hydroxylation sites is 1. The number of hydrogen-bond donors (Lipinski definition) is 0. The van der Waals surface area contributed by atoms with Crippen molar-refractivity contribution in [3.8, 4) is 22.7 Å². The van der Waals surface area contributed by atoms with E-state index in [9.17, 15) is 4.79 Å². The van der Waals surface area contributed by atoms with Crippen molar-refractivity contribution in [3.63, 3.8) is 0 Å². The molecular weight excluding hydrogens is 440 g/mol. The molecule has 3 aromatic carbocycles. The monoisotopic (exact) mass is 458 g/mol. The second kappa shape index (κ2) is 8.93. The van der Waals surface area contributed by atoms with Crippen LogP contribution < -0.4 is 4.74 Å². The van der Waals surface area contributed by atoms with Crippen LogP contribution in [0.3, 0.4) is 0 Å². The van der Waals surface area contributed by atoms with Crippen LogP contribution in [-0.2, 0) is 0 Å². The molecule has 0 aliphatic heterocycles. The molecule has 0 atom stereocenters. The maximum Gasteiger partial charge on any atom is 0.185 e. The van der Waals surface area contributed by atoms with Crippen LogP contribution in [0.5, 0.6) is 5.75 Å². The molecule has 0 unspecified atom stereocenters. The smallest absolute Gasteiger partial charge is 0.185 e. The highest BCUT2D eigenvalue weighted by atomic mass is 79.9. The van der Waals surface area contributed by atoms with Crippen LogP contribution in [0.25, 0.3) is 23.0 Å². The van der Waals surface area contributed by atoms with Crippen LogP contribution in [0.15, 0.2) is 95.6 Å². The fourth-order valence-electron chi connectivity index (χ4n) is 3.12. The third-order valence-corrected chi connectivity index (χ3v) is 5.28. The zero-order chi connectivity index (χ0) is 20.9. The van der Waals surface area contributed by atoms with Gasteiger partial charge in [0.1, 0.15) is 5.75 Å². The summed E-state index contributed by atoms with van der Waals surface area (Å²) in [6, 6.07) is 25.1. The molecule has 30 heavy (non-hydrogen) atoms. The van der Waals surface area contributed by atoms with Gasteiger partial charge in [-0.25, -0.2) is 4.68 Å². The summed E-state index contributed by atoms with van der Waals surface area (Å²) in [7, 11) is 1.59. The SMILES string of the molecule is COc1ccc(C(=O)C=Cc2cn(-c3ccccc3)nc2-c2ccccc2)cc1Br. The first-order chi connectivity index (χ1) is 14.7. The molecule has 5 heteroatoms. The molecule has 1 aromatic heterocycles. The molecule has 1 heterocycles. The summed E-state index contributed by atoms with van der Waals surface area (Å²) in [5.74, 6) is 0.593. The third-order valence-electron chi connectivity index (χ3n) is 4.66. The van der Waals surface area contributed by atoms with Crippen LogP contribution in [0, 0.1) is 0 Å². The summed E-state index contributed by atoms with van der Waals surface area (Å²) in [5, 5.41) is 4.77. The van der Waals surface area contributed by atoms with Crippen molar-refractivity contribution < 1.29 is 9.53 Å². The molecule has 0 spiro atoms. The number of benzene rings is 3. The van der Waals surface area contributed by atoms with E-state index in [-0.39, 0.29) is 5.78 Å². The van der Waals surface area contributed by atoms with Crippen LogP contribution in [0.1, 0.15) is 15.9 Å². The number of ether oxygens (including phenoxy) is 1. The lowest BCUT2D eigenvalue weighted by molar-refractivity contribution is 0.104. The van der Waals surface area contributed by atoms with E-state index in [0.717, 1.165) is 27.0 Å². The molecule has 4 nitrogen and oxygen atoms in total. The topological polar surface area (TPSA) is 44.1 Å². The molecule has 0 fully saturated rings. The predicted octanol–water partition coefficient (Wildman–Crippen LogP) is 6.21. The second-order valence-electron chi connectivity index (χ2n) is 6.63. The lowest BCUT2D eigenvalue weighted by Gasteiger charge is -2.04. The van der Waals surface area contributed by atoms with Gasteiger partial charge in [-0.2, -0.15) is 5.10 Å². The predicted molar refractivity (Wildman–Crippen MR) is 123 cm³/mol. The molecule has 0 radical (unpaired) electrons. The number of carbonyl (C=O) groups excluding carboxylic acids is 1. The molecule has 148 valence electrons. The lowest BCUT2D eigenvalue weighted by Crippen LogP contribution is -1.95. The number of hydrogen-bond acceptors (Lipinski definition) is 3. The zero-order valence-electron chi connectivity index (χ0n) is 16.3. The van der Waals surface area contributed by atoms with E-state index in [0.29, 0.717) is 11.3 Å². The number of ketones is 1. The Morgan fingerprint density at radius 1 is 1.00 bits per heavy atom. The number of rotatable bonds is 6. The first-order valence-corrected chi connectivity index (χ1v) is 10.2. The quantitative estimate of drug-likeness (QED) is 0.255. The summed E-state index contributed by atoms with van der Waals surface area (Å²) in [6.07, 6.45) is 5.33. The number of aromatic nitrogens is 2. The highest BCUT2D eigenvalue weighted by Gasteiger charge is 2.11. The van der Waals surface area contributed by atoms with E-state index in [2.05, 4.69) is 15.9 Å². The van der Waals surface area contributed by atoms with Gasteiger partial charge in [-0.15, -0.1) is 0 Å². The molecule has 0 N–H and O–H groups in total. The van der Waals surface area contributed by atoms with Crippen LogP contribution in [0.2, 0.25) is 0 Å². The number of carbonyl (C=O) groups is 1. The summed E-state index contributed by atoms with van der Waals surface area (Å²) in [5.41, 5.74) is 4.22. The van der Waals surface area contributed by atoms with Crippen molar-refractivity contribution in [2.45, 2.75) is 0 Å². The Bertz CT molecular complexity index is 1200. The third kappa shape index (κ3) is 4.26. The zero-order valence-corrected chi connectivity index (χ0v) is 17.9. The molecule has 4 rings (SSSR count). The minimum atomic E-state index is -0.0928. The number of allylic oxidation sites excluding steroid dienone is 1. The number of methoxy groups -OCH3 is 1. The van der Waals surface area contributed by atoms with Gasteiger partial charge >= 0.3 is 0 Å². The van der Waals surface area contributed by atoms with Gasteiger partial charge in [-0.1, -0.05) is 48.5 Å². The molecular formula is C25H19BrN2O2. The Balaban J connectivity index is 1.69. The minimum absolute atomic E-state index is 0.0928. The molecule has 0 bridgehead atoms. The average molecular weight is 459 g/mol. The van der Waals surface area contributed by atoms with E-state index in [1.54, 1.807) is 31.4 Å². The van der Waals surface area contributed by atoms with Crippen molar-refractivity contribution in [1.29, 1.82) is 0 Å². The molecule has 0 saturated heterocycles. The van der Waals surface area contributed by atoms with E-state index < -0.39 is 0 Å². The Labute approximate surface area is 183 Å². The minimum Gasteiger partial charge on any atom is -0.496 e. The van der Waals surface area contributed by atoms with Crippen LogP contribution in [-0.4, -0.2) is 22.7 Å². The number of halogens is 1. The van der Waals surface area contributed by atoms with Gasteiger partial charge in [0.25, 0.3) is 0 Å². The van der Waals surface area contributed by atoms with E-state index >= 15 is 0 Å². The Hall–Kier alpha value is -3.44. The Morgan fingerprint density at radius 2 is 1.70 bits per heavy atom. The van der Waals surface area contributed by atoms with Crippen LogP contribution >= 0.6 is 15.9 Å². The summed E-state index contributed by atoms with van der Waals surface area (Å²) in [4.78, 5) is 12.7.